The molecule has 0 N–H and O–H groups in total. The standard InChI is InChI=1S/C15H18ClN3/c1-3-6-12(4-2)19-13-8-5-7-11(10-17)15(13)18-14(19)9-16/h5,7-8,12H,3-4,6,9H2,1-2H3. The van der Waals surface area contributed by atoms with E-state index in [1.807, 2.05) is 12.1 Å². The summed E-state index contributed by atoms with van der Waals surface area (Å²) < 4.78 is 2.21. The number of nitriles is 1. The number of hydrogen-bond acceptors (Lipinski definition) is 2. The minimum absolute atomic E-state index is 0.375. The van der Waals surface area contributed by atoms with Gasteiger partial charge in [-0.3, -0.25) is 0 Å². The number of alkyl halides is 1. The van der Waals surface area contributed by atoms with Gasteiger partial charge < -0.3 is 4.57 Å². The third kappa shape index (κ3) is 2.46. The molecule has 1 aromatic carbocycles. The monoisotopic (exact) mass is 275 g/mol. The maximum atomic E-state index is 9.18. The number of halogens is 1. The van der Waals surface area contributed by atoms with E-state index >= 15 is 0 Å². The van der Waals surface area contributed by atoms with Gasteiger partial charge in [0.15, 0.2) is 0 Å². The molecule has 1 unspecified atom stereocenters. The van der Waals surface area contributed by atoms with E-state index in [-0.39, 0.29) is 0 Å². The summed E-state index contributed by atoms with van der Waals surface area (Å²) in [4.78, 5) is 4.56. The van der Waals surface area contributed by atoms with Crippen molar-refractivity contribution in [2.45, 2.75) is 45.0 Å². The van der Waals surface area contributed by atoms with Crippen LogP contribution in [-0.4, -0.2) is 9.55 Å². The summed E-state index contributed by atoms with van der Waals surface area (Å²) in [5.41, 5.74) is 2.42. The first kappa shape index (κ1) is 13.9. The Hall–Kier alpha value is -1.53. The maximum Gasteiger partial charge on any atom is 0.125 e. The van der Waals surface area contributed by atoms with Crippen LogP contribution in [0, 0.1) is 11.3 Å². The molecule has 2 rings (SSSR count). The molecule has 3 nitrogen and oxygen atoms in total. The Balaban J connectivity index is 2.68. The van der Waals surface area contributed by atoms with E-state index in [1.54, 1.807) is 6.07 Å². The molecule has 0 aliphatic carbocycles. The summed E-state index contributed by atoms with van der Waals surface area (Å²) >= 11 is 6.03. The number of benzene rings is 1. The van der Waals surface area contributed by atoms with Crippen LogP contribution >= 0.6 is 11.6 Å². The fourth-order valence-electron chi connectivity index (χ4n) is 2.61. The molecule has 0 aliphatic heterocycles. The van der Waals surface area contributed by atoms with E-state index in [4.69, 9.17) is 11.6 Å². The highest BCUT2D eigenvalue weighted by molar-refractivity contribution is 6.16. The van der Waals surface area contributed by atoms with Gasteiger partial charge in [-0.25, -0.2) is 4.98 Å². The average molecular weight is 276 g/mol. The van der Waals surface area contributed by atoms with Crippen molar-refractivity contribution in [3.63, 3.8) is 0 Å². The molecule has 19 heavy (non-hydrogen) atoms. The molecule has 2 aromatic rings. The predicted octanol–water partition coefficient (Wildman–Crippen LogP) is 4.40. The Labute approximate surface area is 118 Å². The molecule has 100 valence electrons. The lowest BCUT2D eigenvalue weighted by Crippen LogP contribution is -2.10. The van der Waals surface area contributed by atoms with Gasteiger partial charge in [-0.15, -0.1) is 11.6 Å². The van der Waals surface area contributed by atoms with E-state index in [1.165, 1.54) is 0 Å². The molecule has 0 radical (unpaired) electrons. The first-order chi connectivity index (χ1) is 9.26. The molecule has 1 atom stereocenters. The summed E-state index contributed by atoms with van der Waals surface area (Å²) in [6.07, 6.45) is 3.26. The van der Waals surface area contributed by atoms with E-state index in [2.05, 4.69) is 29.5 Å². The van der Waals surface area contributed by atoms with Gasteiger partial charge in [0.05, 0.1) is 17.0 Å². The van der Waals surface area contributed by atoms with Gasteiger partial charge in [0.2, 0.25) is 0 Å². The van der Waals surface area contributed by atoms with Crippen molar-refractivity contribution in [1.29, 1.82) is 5.26 Å². The second-order valence-electron chi connectivity index (χ2n) is 4.67. The van der Waals surface area contributed by atoms with Crippen LogP contribution in [0.15, 0.2) is 18.2 Å². The smallest absolute Gasteiger partial charge is 0.125 e. The molecule has 0 saturated heterocycles. The van der Waals surface area contributed by atoms with Crippen LogP contribution in [0.1, 0.15) is 50.5 Å². The normalized spacial score (nSPS) is 12.5. The molecule has 0 bridgehead atoms. The summed E-state index contributed by atoms with van der Waals surface area (Å²) in [6, 6.07) is 8.35. The summed E-state index contributed by atoms with van der Waals surface area (Å²) in [6.45, 7) is 4.36. The number of aromatic nitrogens is 2. The minimum Gasteiger partial charge on any atom is -0.324 e. The van der Waals surface area contributed by atoms with Gasteiger partial charge in [0.1, 0.15) is 17.4 Å². The molecular weight excluding hydrogens is 258 g/mol. The number of fused-ring (bicyclic) bond motifs is 1. The lowest BCUT2D eigenvalue weighted by molar-refractivity contribution is 0.448. The fraction of sp³-hybridized carbons (Fsp3) is 0.467. The number of nitrogens with zero attached hydrogens (tertiary/aromatic N) is 3. The second-order valence-corrected chi connectivity index (χ2v) is 4.93. The quantitative estimate of drug-likeness (QED) is 0.759. The molecule has 0 amide bonds. The van der Waals surface area contributed by atoms with Crippen molar-refractivity contribution in [2.75, 3.05) is 0 Å². The molecule has 1 heterocycles. The van der Waals surface area contributed by atoms with Crippen LogP contribution in [0.25, 0.3) is 11.0 Å². The third-order valence-electron chi connectivity index (χ3n) is 3.49. The lowest BCUT2D eigenvalue weighted by atomic mass is 10.1. The molecule has 0 aliphatic rings. The number of para-hydroxylation sites is 1. The zero-order valence-electron chi connectivity index (χ0n) is 11.4. The fourth-order valence-corrected chi connectivity index (χ4v) is 2.79. The largest absolute Gasteiger partial charge is 0.324 e. The van der Waals surface area contributed by atoms with Gasteiger partial charge in [0.25, 0.3) is 0 Å². The highest BCUT2D eigenvalue weighted by Gasteiger charge is 2.18. The number of imidazole rings is 1. The van der Waals surface area contributed by atoms with Gasteiger partial charge in [-0.1, -0.05) is 26.3 Å². The Kier molecular flexibility index (Phi) is 4.44. The van der Waals surface area contributed by atoms with Crippen molar-refractivity contribution >= 4 is 22.6 Å². The summed E-state index contributed by atoms with van der Waals surface area (Å²) in [5, 5.41) is 9.18. The van der Waals surface area contributed by atoms with E-state index in [0.29, 0.717) is 17.5 Å². The van der Waals surface area contributed by atoms with E-state index in [0.717, 1.165) is 36.1 Å². The second kappa shape index (κ2) is 6.08. The highest BCUT2D eigenvalue weighted by atomic mass is 35.5. The van der Waals surface area contributed by atoms with Crippen LogP contribution in [0.4, 0.5) is 0 Å². The van der Waals surface area contributed by atoms with Gasteiger partial charge >= 0.3 is 0 Å². The van der Waals surface area contributed by atoms with Gasteiger partial charge in [-0.2, -0.15) is 5.26 Å². The average Bonchev–Trinajstić information content (AvgIpc) is 2.83. The van der Waals surface area contributed by atoms with Crippen molar-refractivity contribution in [3.8, 4) is 6.07 Å². The first-order valence-corrected chi connectivity index (χ1v) is 7.26. The van der Waals surface area contributed by atoms with Crippen LogP contribution in [0.5, 0.6) is 0 Å². The summed E-state index contributed by atoms with van der Waals surface area (Å²) in [7, 11) is 0. The van der Waals surface area contributed by atoms with E-state index in [9.17, 15) is 5.26 Å². The predicted molar refractivity (Wildman–Crippen MR) is 78.2 cm³/mol. The van der Waals surface area contributed by atoms with Gasteiger partial charge in [-0.05, 0) is 25.0 Å². The first-order valence-electron chi connectivity index (χ1n) is 6.72. The molecule has 1 aromatic heterocycles. The van der Waals surface area contributed by atoms with Crippen LogP contribution < -0.4 is 0 Å². The summed E-state index contributed by atoms with van der Waals surface area (Å²) in [5.74, 6) is 1.24. The lowest BCUT2D eigenvalue weighted by Gasteiger charge is -2.19. The number of hydrogen-bond donors (Lipinski definition) is 0. The zero-order chi connectivity index (χ0) is 13.8. The Morgan fingerprint density at radius 3 is 2.79 bits per heavy atom. The van der Waals surface area contributed by atoms with Crippen LogP contribution in [0.3, 0.4) is 0 Å². The van der Waals surface area contributed by atoms with Crippen LogP contribution in [-0.2, 0) is 5.88 Å². The van der Waals surface area contributed by atoms with Crippen molar-refractivity contribution in [1.82, 2.24) is 9.55 Å². The van der Waals surface area contributed by atoms with Gasteiger partial charge in [0, 0.05) is 6.04 Å². The highest BCUT2D eigenvalue weighted by Crippen LogP contribution is 2.28. The maximum absolute atomic E-state index is 9.18. The number of rotatable bonds is 5. The SMILES string of the molecule is CCCC(CC)n1c(CCl)nc2c(C#N)cccc21. The Morgan fingerprint density at radius 2 is 2.21 bits per heavy atom. The minimum atomic E-state index is 0.375. The van der Waals surface area contributed by atoms with E-state index < -0.39 is 0 Å². The molecular formula is C15H18ClN3. The molecule has 0 saturated carbocycles. The molecule has 0 spiro atoms. The molecule has 0 fully saturated rings. The van der Waals surface area contributed by atoms with Crippen molar-refractivity contribution < 1.29 is 0 Å². The van der Waals surface area contributed by atoms with Crippen molar-refractivity contribution in [2.24, 2.45) is 0 Å². The van der Waals surface area contributed by atoms with Crippen LogP contribution in [0.2, 0.25) is 0 Å². The topological polar surface area (TPSA) is 41.6 Å². The Morgan fingerprint density at radius 1 is 1.42 bits per heavy atom. The third-order valence-corrected chi connectivity index (χ3v) is 3.73. The zero-order valence-corrected chi connectivity index (χ0v) is 12.1. The Bertz CT molecular complexity index is 610. The van der Waals surface area contributed by atoms with Crippen molar-refractivity contribution in [3.05, 3.63) is 29.6 Å². The molecule has 4 heteroatoms.